The molecule has 5 nitrogen and oxygen atoms in total. The van der Waals surface area contributed by atoms with Crippen LogP contribution < -0.4 is 10.6 Å². The summed E-state index contributed by atoms with van der Waals surface area (Å²) in [4.78, 5) is 14.7. The average Bonchev–Trinajstić information content (AvgIpc) is 3.09. The van der Waals surface area contributed by atoms with Gasteiger partial charge in [0.05, 0.1) is 19.3 Å². The lowest BCUT2D eigenvalue weighted by molar-refractivity contribution is -0.121. The highest BCUT2D eigenvalue weighted by molar-refractivity contribution is 5.85. The van der Waals surface area contributed by atoms with E-state index in [0.29, 0.717) is 19.0 Å². The van der Waals surface area contributed by atoms with Crippen LogP contribution >= 0.6 is 24.8 Å². The third-order valence-electron chi connectivity index (χ3n) is 5.00. The van der Waals surface area contributed by atoms with Crippen molar-refractivity contribution in [1.82, 2.24) is 15.5 Å². The quantitative estimate of drug-likeness (QED) is 0.765. The third kappa shape index (κ3) is 6.71. The van der Waals surface area contributed by atoms with E-state index in [-0.39, 0.29) is 36.8 Å². The summed E-state index contributed by atoms with van der Waals surface area (Å²) >= 11 is 0. The summed E-state index contributed by atoms with van der Waals surface area (Å²) in [6, 6.07) is 9.18. The van der Waals surface area contributed by atoms with Crippen molar-refractivity contribution in [1.29, 1.82) is 0 Å². The van der Waals surface area contributed by atoms with Gasteiger partial charge in [0.1, 0.15) is 0 Å². The molecule has 3 rings (SSSR count). The Kier molecular flexibility index (Phi) is 10.5. The minimum Gasteiger partial charge on any atom is -0.379 e. The fourth-order valence-electron chi connectivity index (χ4n) is 3.66. The van der Waals surface area contributed by atoms with Gasteiger partial charge in [-0.25, -0.2) is 0 Å². The topological polar surface area (TPSA) is 53.6 Å². The molecule has 2 saturated heterocycles. The van der Waals surface area contributed by atoms with Crippen LogP contribution in [0.15, 0.2) is 24.3 Å². The van der Waals surface area contributed by atoms with Crippen molar-refractivity contribution in [2.45, 2.75) is 38.3 Å². The van der Waals surface area contributed by atoms with Crippen molar-refractivity contribution in [3.63, 3.8) is 0 Å². The Morgan fingerprint density at radius 2 is 2.12 bits per heavy atom. The van der Waals surface area contributed by atoms with Gasteiger partial charge >= 0.3 is 0 Å². The summed E-state index contributed by atoms with van der Waals surface area (Å²) in [5.41, 5.74) is 2.53. The number of rotatable bonds is 6. The molecule has 0 bridgehead atoms. The zero-order valence-electron chi connectivity index (χ0n) is 15.4. The molecule has 26 heavy (non-hydrogen) atoms. The van der Waals surface area contributed by atoms with Crippen molar-refractivity contribution in [2.24, 2.45) is 0 Å². The second kappa shape index (κ2) is 11.8. The summed E-state index contributed by atoms with van der Waals surface area (Å²) in [7, 11) is 0. The van der Waals surface area contributed by atoms with Gasteiger partial charge in [-0.1, -0.05) is 29.8 Å². The average molecular weight is 404 g/mol. The van der Waals surface area contributed by atoms with Gasteiger partial charge in [0.15, 0.2) is 0 Å². The molecule has 2 atom stereocenters. The van der Waals surface area contributed by atoms with E-state index in [2.05, 4.69) is 46.7 Å². The van der Waals surface area contributed by atoms with Crippen molar-refractivity contribution in [2.75, 3.05) is 39.4 Å². The van der Waals surface area contributed by atoms with Crippen LogP contribution in [-0.4, -0.2) is 56.2 Å². The molecule has 1 aromatic carbocycles. The van der Waals surface area contributed by atoms with Crippen molar-refractivity contribution >= 4 is 30.7 Å². The molecule has 2 heterocycles. The summed E-state index contributed by atoms with van der Waals surface area (Å²) in [5.74, 6) is 0.153. The van der Waals surface area contributed by atoms with Gasteiger partial charge in [0.2, 0.25) is 5.91 Å². The number of aryl methyl sites for hydroxylation is 1. The molecular weight excluding hydrogens is 373 g/mol. The van der Waals surface area contributed by atoms with Crippen LogP contribution in [0, 0.1) is 6.92 Å². The molecule has 0 radical (unpaired) electrons. The Morgan fingerprint density at radius 3 is 2.77 bits per heavy atom. The number of amides is 1. The lowest BCUT2D eigenvalue weighted by Crippen LogP contribution is -2.44. The molecule has 1 amide bonds. The first-order valence-electron chi connectivity index (χ1n) is 9.11. The number of ether oxygens (including phenoxy) is 1. The van der Waals surface area contributed by atoms with E-state index in [1.54, 1.807) is 0 Å². The predicted molar refractivity (Wildman–Crippen MR) is 109 cm³/mol. The van der Waals surface area contributed by atoms with Crippen molar-refractivity contribution < 1.29 is 9.53 Å². The lowest BCUT2D eigenvalue weighted by Gasteiger charge is -2.35. The van der Waals surface area contributed by atoms with E-state index in [9.17, 15) is 4.79 Å². The first-order chi connectivity index (χ1) is 11.7. The highest BCUT2D eigenvalue weighted by Crippen LogP contribution is 2.22. The Balaban J connectivity index is 0.00000169. The lowest BCUT2D eigenvalue weighted by atomic mass is 10.0. The van der Waals surface area contributed by atoms with E-state index in [0.717, 1.165) is 39.3 Å². The molecule has 0 saturated carbocycles. The molecule has 0 aromatic heterocycles. The molecule has 2 unspecified atom stereocenters. The molecule has 2 aliphatic heterocycles. The highest BCUT2D eigenvalue weighted by atomic mass is 35.5. The monoisotopic (exact) mass is 403 g/mol. The number of nitrogens with one attached hydrogen (secondary N) is 2. The number of benzene rings is 1. The highest BCUT2D eigenvalue weighted by Gasteiger charge is 2.24. The van der Waals surface area contributed by atoms with Crippen LogP contribution in [0.4, 0.5) is 0 Å². The smallest absolute Gasteiger partial charge is 0.221 e. The molecule has 0 spiro atoms. The number of carbonyl (C=O) groups excluding carboxylic acids is 1. The third-order valence-corrected chi connectivity index (χ3v) is 5.00. The molecule has 2 aliphatic rings. The maximum atomic E-state index is 12.3. The molecule has 7 heteroatoms. The first kappa shape index (κ1) is 23.2. The molecular formula is C19H31Cl2N3O2. The van der Waals surface area contributed by atoms with Crippen LogP contribution in [-0.2, 0) is 9.53 Å². The van der Waals surface area contributed by atoms with E-state index >= 15 is 0 Å². The number of morpholine rings is 1. The summed E-state index contributed by atoms with van der Waals surface area (Å²) < 4.78 is 5.49. The van der Waals surface area contributed by atoms with E-state index < -0.39 is 0 Å². The van der Waals surface area contributed by atoms with Crippen molar-refractivity contribution in [3.05, 3.63) is 35.4 Å². The minimum absolute atomic E-state index is 0. The Bertz CT molecular complexity index is 547. The molecule has 2 fully saturated rings. The van der Waals surface area contributed by atoms with Gasteiger partial charge in [-0.05, 0) is 31.9 Å². The standard InChI is InChI=1S/C19H29N3O2.2ClH/c1-15-4-2-5-16(12-15)18(22-8-10-24-11-9-22)14-21-19(23)13-17-6-3-7-20-17;;/h2,4-5,12,17-18,20H,3,6-11,13-14H2,1H3,(H,21,23);2*1H. The molecule has 148 valence electrons. The number of hydrogen-bond donors (Lipinski definition) is 2. The fourth-order valence-corrected chi connectivity index (χ4v) is 3.66. The SMILES string of the molecule is Cc1cccc(C(CNC(=O)CC2CCCN2)N2CCOCC2)c1.Cl.Cl. The van der Waals surface area contributed by atoms with Gasteiger partial charge in [0, 0.05) is 32.1 Å². The van der Waals surface area contributed by atoms with E-state index in [1.165, 1.54) is 17.5 Å². The normalized spacial score (nSPS) is 21.3. The Morgan fingerprint density at radius 1 is 1.35 bits per heavy atom. The van der Waals surface area contributed by atoms with Crippen molar-refractivity contribution in [3.8, 4) is 0 Å². The first-order valence-corrected chi connectivity index (χ1v) is 9.11. The van der Waals surface area contributed by atoms with E-state index in [4.69, 9.17) is 4.74 Å². The predicted octanol–water partition coefficient (Wildman–Crippen LogP) is 2.47. The second-order valence-electron chi connectivity index (χ2n) is 6.88. The number of hydrogen-bond acceptors (Lipinski definition) is 4. The number of carbonyl (C=O) groups is 1. The summed E-state index contributed by atoms with van der Waals surface area (Å²) in [6.07, 6.45) is 2.87. The van der Waals surface area contributed by atoms with Crippen LogP contribution in [0.3, 0.4) is 0 Å². The molecule has 2 N–H and O–H groups in total. The molecule has 1 aromatic rings. The van der Waals surface area contributed by atoms with Gasteiger partial charge in [0.25, 0.3) is 0 Å². The second-order valence-corrected chi connectivity index (χ2v) is 6.88. The Labute approximate surface area is 169 Å². The summed E-state index contributed by atoms with van der Waals surface area (Å²) in [6.45, 7) is 7.18. The largest absolute Gasteiger partial charge is 0.379 e. The number of nitrogens with zero attached hydrogens (tertiary/aromatic N) is 1. The zero-order chi connectivity index (χ0) is 16.8. The minimum atomic E-state index is 0. The van der Waals surface area contributed by atoms with Crippen LogP contribution in [0.2, 0.25) is 0 Å². The number of halogens is 2. The maximum absolute atomic E-state index is 12.3. The van der Waals surface area contributed by atoms with Gasteiger partial charge in [-0.15, -0.1) is 24.8 Å². The van der Waals surface area contributed by atoms with Gasteiger partial charge < -0.3 is 15.4 Å². The van der Waals surface area contributed by atoms with Crippen LogP contribution in [0.5, 0.6) is 0 Å². The van der Waals surface area contributed by atoms with Crippen LogP contribution in [0.1, 0.15) is 36.4 Å². The summed E-state index contributed by atoms with van der Waals surface area (Å²) in [5, 5.41) is 6.55. The zero-order valence-corrected chi connectivity index (χ0v) is 17.0. The maximum Gasteiger partial charge on any atom is 0.221 e. The van der Waals surface area contributed by atoms with Gasteiger partial charge in [-0.2, -0.15) is 0 Å². The molecule has 0 aliphatic carbocycles. The van der Waals surface area contributed by atoms with E-state index in [1.807, 2.05) is 0 Å². The fraction of sp³-hybridized carbons (Fsp3) is 0.632. The Hall–Kier alpha value is -0.850. The van der Waals surface area contributed by atoms with Gasteiger partial charge in [-0.3, -0.25) is 9.69 Å². The van der Waals surface area contributed by atoms with Crippen LogP contribution in [0.25, 0.3) is 0 Å².